The van der Waals surface area contributed by atoms with Crippen LogP contribution in [0.2, 0.25) is 0 Å². The molecule has 2 aromatic heterocycles. The molecule has 0 aliphatic heterocycles. The average Bonchev–Trinajstić information content (AvgIpc) is 3.40. The lowest BCUT2D eigenvalue weighted by Crippen LogP contribution is -2.11. The SMILES string of the molecule is O=C(Nc1cccc(Br)c1)c1ccc(Cn2ccc3cc(-c4noc(=O)[nH]4)ccc32)cc1. The number of hydrogen-bond acceptors (Lipinski definition) is 4. The molecule has 0 saturated carbocycles. The summed E-state index contributed by atoms with van der Waals surface area (Å²) in [6.07, 6.45) is 2.01. The monoisotopic (exact) mass is 488 g/mol. The highest BCUT2D eigenvalue weighted by atomic mass is 79.9. The summed E-state index contributed by atoms with van der Waals surface area (Å²) in [5.41, 5.74) is 4.24. The topological polar surface area (TPSA) is 92.9 Å². The maximum Gasteiger partial charge on any atom is 0.439 e. The van der Waals surface area contributed by atoms with Crippen molar-refractivity contribution in [2.75, 3.05) is 5.32 Å². The van der Waals surface area contributed by atoms with Crippen LogP contribution in [0.3, 0.4) is 0 Å². The number of aromatic amines is 1. The molecular weight excluding hydrogens is 472 g/mol. The molecule has 0 unspecified atom stereocenters. The van der Waals surface area contributed by atoms with Gasteiger partial charge in [0.25, 0.3) is 5.91 Å². The number of fused-ring (bicyclic) bond motifs is 1. The van der Waals surface area contributed by atoms with E-state index in [9.17, 15) is 9.59 Å². The van der Waals surface area contributed by atoms with E-state index in [0.717, 1.165) is 32.2 Å². The van der Waals surface area contributed by atoms with Crippen LogP contribution in [0.15, 0.2) is 92.8 Å². The van der Waals surface area contributed by atoms with Gasteiger partial charge in [-0.15, -0.1) is 0 Å². The minimum Gasteiger partial charge on any atom is -0.343 e. The lowest BCUT2D eigenvalue weighted by molar-refractivity contribution is 0.102. The number of anilines is 1. The highest BCUT2D eigenvalue weighted by Crippen LogP contribution is 2.23. The van der Waals surface area contributed by atoms with Gasteiger partial charge in [-0.25, -0.2) is 4.79 Å². The van der Waals surface area contributed by atoms with E-state index >= 15 is 0 Å². The third-order valence-electron chi connectivity index (χ3n) is 5.14. The van der Waals surface area contributed by atoms with Gasteiger partial charge in [0.2, 0.25) is 0 Å². The maximum absolute atomic E-state index is 12.5. The maximum atomic E-state index is 12.5. The fourth-order valence-electron chi connectivity index (χ4n) is 3.57. The first-order chi connectivity index (χ1) is 15.5. The van der Waals surface area contributed by atoms with Gasteiger partial charge in [0.15, 0.2) is 5.82 Å². The molecular formula is C24H17BrN4O3. The summed E-state index contributed by atoms with van der Waals surface area (Å²) in [4.78, 5) is 26.3. The van der Waals surface area contributed by atoms with Crippen molar-refractivity contribution in [2.45, 2.75) is 6.54 Å². The number of halogens is 1. The van der Waals surface area contributed by atoms with E-state index in [1.165, 1.54) is 0 Å². The molecule has 2 heterocycles. The predicted molar refractivity (Wildman–Crippen MR) is 126 cm³/mol. The number of carbonyl (C=O) groups is 1. The van der Waals surface area contributed by atoms with Gasteiger partial charge in [0.1, 0.15) is 0 Å². The van der Waals surface area contributed by atoms with Crippen LogP contribution in [-0.4, -0.2) is 20.6 Å². The van der Waals surface area contributed by atoms with Crippen LogP contribution in [-0.2, 0) is 6.54 Å². The van der Waals surface area contributed by atoms with Crippen LogP contribution in [0, 0.1) is 0 Å². The van der Waals surface area contributed by atoms with Gasteiger partial charge in [-0.3, -0.25) is 14.3 Å². The van der Waals surface area contributed by atoms with Crippen LogP contribution in [0.5, 0.6) is 0 Å². The zero-order chi connectivity index (χ0) is 22.1. The van der Waals surface area contributed by atoms with E-state index in [-0.39, 0.29) is 5.91 Å². The molecule has 0 atom stereocenters. The number of aromatic nitrogens is 3. The lowest BCUT2D eigenvalue weighted by atomic mass is 10.1. The summed E-state index contributed by atoms with van der Waals surface area (Å²) in [7, 11) is 0. The number of nitrogens with one attached hydrogen (secondary N) is 2. The molecule has 5 aromatic rings. The summed E-state index contributed by atoms with van der Waals surface area (Å²) < 4.78 is 7.62. The van der Waals surface area contributed by atoms with Crippen molar-refractivity contribution in [2.24, 2.45) is 0 Å². The molecule has 7 nitrogen and oxygen atoms in total. The zero-order valence-electron chi connectivity index (χ0n) is 16.7. The fourth-order valence-corrected chi connectivity index (χ4v) is 3.97. The highest BCUT2D eigenvalue weighted by molar-refractivity contribution is 9.10. The first-order valence-corrected chi connectivity index (χ1v) is 10.7. The van der Waals surface area contributed by atoms with E-state index < -0.39 is 5.76 Å². The molecule has 32 heavy (non-hydrogen) atoms. The summed E-state index contributed by atoms with van der Waals surface area (Å²) >= 11 is 3.40. The molecule has 3 aromatic carbocycles. The Kier molecular flexibility index (Phi) is 5.20. The first-order valence-electron chi connectivity index (χ1n) is 9.86. The van der Waals surface area contributed by atoms with Crippen LogP contribution in [0.4, 0.5) is 5.69 Å². The molecule has 0 bridgehead atoms. The Labute approximate surface area is 190 Å². The number of carbonyl (C=O) groups excluding carboxylic acids is 1. The van der Waals surface area contributed by atoms with Crippen molar-refractivity contribution in [3.8, 4) is 11.4 Å². The molecule has 2 N–H and O–H groups in total. The molecule has 1 amide bonds. The standard InChI is InChI=1S/C24H17BrN4O3/c25-19-2-1-3-20(13-19)26-23(30)16-6-4-15(5-7-16)14-29-11-10-17-12-18(8-9-21(17)29)22-27-24(31)32-28-22/h1-13H,14H2,(H,26,30)(H,27,28,31). The Morgan fingerprint density at radius 2 is 1.91 bits per heavy atom. The molecule has 0 aliphatic rings. The van der Waals surface area contributed by atoms with Crippen molar-refractivity contribution in [1.82, 2.24) is 14.7 Å². The number of amides is 1. The van der Waals surface area contributed by atoms with E-state index in [2.05, 4.69) is 40.5 Å². The molecule has 0 saturated heterocycles. The zero-order valence-corrected chi connectivity index (χ0v) is 18.3. The second-order valence-electron chi connectivity index (χ2n) is 7.32. The number of nitrogens with zero attached hydrogens (tertiary/aromatic N) is 2. The van der Waals surface area contributed by atoms with Gasteiger partial charge >= 0.3 is 5.76 Å². The summed E-state index contributed by atoms with van der Waals surface area (Å²) in [5, 5.41) is 7.66. The van der Waals surface area contributed by atoms with Crippen molar-refractivity contribution in [3.05, 3.63) is 105 Å². The number of hydrogen-bond donors (Lipinski definition) is 2. The van der Waals surface area contributed by atoms with Crippen molar-refractivity contribution >= 4 is 38.4 Å². The van der Waals surface area contributed by atoms with E-state index in [0.29, 0.717) is 17.9 Å². The lowest BCUT2D eigenvalue weighted by Gasteiger charge is -2.09. The molecule has 5 rings (SSSR count). The first kappa shape index (κ1) is 20.0. The second-order valence-corrected chi connectivity index (χ2v) is 8.24. The van der Waals surface area contributed by atoms with Crippen LogP contribution < -0.4 is 11.1 Å². The Balaban J connectivity index is 1.32. The smallest absolute Gasteiger partial charge is 0.343 e. The minimum absolute atomic E-state index is 0.153. The molecule has 0 fully saturated rings. The van der Waals surface area contributed by atoms with Crippen molar-refractivity contribution < 1.29 is 9.32 Å². The summed E-state index contributed by atoms with van der Waals surface area (Å²) in [6.45, 7) is 0.664. The number of rotatable bonds is 5. The van der Waals surface area contributed by atoms with Crippen molar-refractivity contribution in [1.29, 1.82) is 0 Å². The van der Waals surface area contributed by atoms with E-state index in [4.69, 9.17) is 0 Å². The normalized spacial score (nSPS) is 11.0. The molecule has 0 radical (unpaired) electrons. The third kappa shape index (κ3) is 4.13. The highest BCUT2D eigenvalue weighted by Gasteiger charge is 2.09. The predicted octanol–water partition coefficient (Wildman–Crippen LogP) is 5.05. The third-order valence-corrected chi connectivity index (χ3v) is 5.63. The van der Waals surface area contributed by atoms with Gasteiger partial charge < -0.3 is 9.88 Å². The van der Waals surface area contributed by atoms with Gasteiger partial charge in [-0.2, -0.15) is 0 Å². The summed E-state index contributed by atoms with van der Waals surface area (Å²) in [6, 6.07) is 22.9. The quantitative estimate of drug-likeness (QED) is 0.362. The minimum atomic E-state index is -0.577. The van der Waals surface area contributed by atoms with Crippen LogP contribution in [0.25, 0.3) is 22.3 Å². The van der Waals surface area contributed by atoms with Gasteiger partial charge in [0, 0.05) is 44.9 Å². The molecule has 8 heteroatoms. The van der Waals surface area contributed by atoms with E-state index in [1.54, 1.807) is 0 Å². The molecule has 158 valence electrons. The Hall–Kier alpha value is -3.91. The van der Waals surface area contributed by atoms with E-state index in [1.807, 2.05) is 79.0 Å². The Bertz CT molecular complexity index is 1480. The second kappa shape index (κ2) is 8.32. The van der Waals surface area contributed by atoms with Gasteiger partial charge in [0.05, 0.1) is 0 Å². The van der Waals surface area contributed by atoms with Crippen LogP contribution >= 0.6 is 15.9 Å². The van der Waals surface area contributed by atoms with Gasteiger partial charge in [-0.1, -0.05) is 39.3 Å². The Morgan fingerprint density at radius 3 is 2.66 bits per heavy atom. The molecule has 0 spiro atoms. The number of H-pyrrole nitrogens is 1. The van der Waals surface area contributed by atoms with Gasteiger partial charge in [-0.05, 0) is 60.2 Å². The largest absolute Gasteiger partial charge is 0.439 e. The summed E-state index contributed by atoms with van der Waals surface area (Å²) in [5.74, 6) is -0.327. The molecule has 0 aliphatic carbocycles. The van der Waals surface area contributed by atoms with Crippen LogP contribution in [0.1, 0.15) is 15.9 Å². The fraction of sp³-hybridized carbons (Fsp3) is 0.0417. The Morgan fingerprint density at radius 1 is 1.06 bits per heavy atom. The number of benzene rings is 3. The average molecular weight is 489 g/mol. The van der Waals surface area contributed by atoms with Crippen molar-refractivity contribution in [3.63, 3.8) is 0 Å².